The molecule has 0 spiro atoms. The first kappa shape index (κ1) is 17.5. The lowest BCUT2D eigenvalue weighted by molar-refractivity contribution is 0.0719. The number of oxazole rings is 1. The molecule has 1 aliphatic heterocycles. The summed E-state index contributed by atoms with van der Waals surface area (Å²) in [4.78, 5) is 19.3. The lowest BCUT2D eigenvalue weighted by Gasteiger charge is -2.15. The summed E-state index contributed by atoms with van der Waals surface area (Å²) in [7, 11) is 0. The van der Waals surface area contributed by atoms with Gasteiger partial charge in [-0.25, -0.2) is 0 Å². The highest BCUT2D eigenvalue weighted by Gasteiger charge is 2.32. The molecule has 0 N–H and O–H groups in total. The fourth-order valence-corrected chi connectivity index (χ4v) is 3.66. The van der Waals surface area contributed by atoms with Gasteiger partial charge >= 0.3 is 11.9 Å². The summed E-state index contributed by atoms with van der Waals surface area (Å²) in [5, 5.41) is 4.42. The van der Waals surface area contributed by atoms with Crippen LogP contribution in [0.1, 0.15) is 47.1 Å². The number of rotatable bonds is 4. The fraction of sp³-hybridized carbons (Fsp3) is 0.227. The Morgan fingerprint density at radius 1 is 1.03 bits per heavy atom. The Hall–Kier alpha value is -3.61. The average molecular weight is 388 g/mol. The number of hydrogen-bond donors (Lipinski definition) is 0. The first-order valence-electron chi connectivity index (χ1n) is 9.58. The van der Waals surface area contributed by atoms with Crippen LogP contribution in [-0.4, -0.2) is 25.4 Å². The van der Waals surface area contributed by atoms with Crippen molar-refractivity contribution in [3.05, 3.63) is 77.2 Å². The first-order valence-corrected chi connectivity index (χ1v) is 9.58. The quantitative estimate of drug-likeness (QED) is 0.518. The molecule has 5 rings (SSSR count). The topological polar surface area (TPSA) is 72.9 Å². The van der Waals surface area contributed by atoms with Crippen molar-refractivity contribution in [2.45, 2.75) is 32.9 Å². The van der Waals surface area contributed by atoms with Crippen molar-refractivity contribution in [2.24, 2.45) is 0 Å². The molecule has 1 amide bonds. The molecule has 0 atom stereocenters. The van der Waals surface area contributed by atoms with Gasteiger partial charge in [-0.3, -0.25) is 4.79 Å². The number of carbonyl (C=O) groups excluding carboxylic acids is 1. The molecule has 0 aliphatic carbocycles. The van der Waals surface area contributed by atoms with Crippen LogP contribution in [0.3, 0.4) is 0 Å². The van der Waals surface area contributed by atoms with E-state index in [-0.39, 0.29) is 29.4 Å². The van der Waals surface area contributed by atoms with Crippen LogP contribution in [0.2, 0.25) is 0 Å². The summed E-state index contributed by atoms with van der Waals surface area (Å²) in [5.41, 5.74) is 3.02. The summed E-state index contributed by atoms with van der Waals surface area (Å²) in [5.74, 6) is 1.04. The van der Waals surface area contributed by atoms with E-state index in [2.05, 4.69) is 22.2 Å². The lowest BCUT2D eigenvalue weighted by atomic mass is 10.1. The fourth-order valence-electron chi connectivity index (χ4n) is 3.66. The molecule has 7 nitrogen and oxygen atoms in total. The summed E-state index contributed by atoms with van der Waals surface area (Å²) < 4.78 is 13.1. The molecule has 2 aromatic carbocycles. The van der Waals surface area contributed by atoms with Gasteiger partial charge in [0, 0.05) is 13.1 Å². The Kier molecular flexibility index (Phi) is 4.08. The van der Waals surface area contributed by atoms with Crippen molar-refractivity contribution in [2.75, 3.05) is 0 Å². The molecule has 1 aliphatic rings. The minimum Gasteiger partial charge on any atom is -0.423 e. The SMILES string of the molecule is CC(C)c1c(C(=O)N2Cc3ccccc3C2)oc2nc(Oc3ccccc3)nn12. The van der Waals surface area contributed by atoms with Gasteiger partial charge in [0.15, 0.2) is 0 Å². The molecule has 0 bridgehead atoms. The molecule has 4 aromatic rings. The predicted octanol–water partition coefficient (Wildman–Crippen LogP) is 4.39. The van der Waals surface area contributed by atoms with E-state index >= 15 is 0 Å². The summed E-state index contributed by atoms with van der Waals surface area (Å²) in [6.07, 6.45) is 0. The molecular formula is C22H20N4O3. The van der Waals surface area contributed by atoms with Gasteiger partial charge in [0.2, 0.25) is 5.76 Å². The molecule has 0 radical (unpaired) electrons. The van der Waals surface area contributed by atoms with E-state index < -0.39 is 0 Å². The van der Waals surface area contributed by atoms with E-state index in [1.807, 2.05) is 56.3 Å². The van der Waals surface area contributed by atoms with E-state index in [1.165, 1.54) is 11.1 Å². The van der Waals surface area contributed by atoms with Gasteiger partial charge in [0.05, 0.1) is 5.69 Å². The van der Waals surface area contributed by atoms with Gasteiger partial charge < -0.3 is 14.1 Å². The minimum atomic E-state index is -0.150. The van der Waals surface area contributed by atoms with Crippen LogP contribution >= 0.6 is 0 Å². The van der Waals surface area contributed by atoms with E-state index in [1.54, 1.807) is 9.42 Å². The monoisotopic (exact) mass is 388 g/mol. The molecule has 7 heteroatoms. The zero-order chi connectivity index (χ0) is 20.0. The average Bonchev–Trinajstić information content (AvgIpc) is 3.39. The van der Waals surface area contributed by atoms with E-state index in [0.717, 1.165) is 0 Å². The third-order valence-corrected chi connectivity index (χ3v) is 5.03. The van der Waals surface area contributed by atoms with Crippen LogP contribution in [-0.2, 0) is 13.1 Å². The second kappa shape index (κ2) is 6.77. The second-order valence-corrected chi connectivity index (χ2v) is 7.40. The molecule has 3 heterocycles. The van der Waals surface area contributed by atoms with E-state index in [0.29, 0.717) is 24.5 Å². The van der Waals surface area contributed by atoms with Gasteiger partial charge in [-0.1, -0.05) is 56.3 Å². The zero-order valence-corrected chi connectivity index (χ0v) is 16.2. The molecule has 0 fully saturated rings. The van der Waals surface area contributed by atoms with E-state index in [9.17, 15) is 4.79 Å². The largest absolute Gasteiger partial charge is 0.423 e. The third kappa shape index (κ3) is 3.04. The van der Waals surface area contributed by atoms with Crippen molar-refractivity contribution in [3.63, 3.8) is 0 Å². The number of ether oxygens (including phenoxy) is 1. The second-order valence-electron chi connectivity index (χ2n) is 7.40. The number of aromatic nitrogens is 3. The Balaban J connectivity index is 1.47. The van der Waals surface area contributed by atoms with Crippen LogP contribution in [0.25, 0.3) is 5.84 Å². The lowest BCUT2D eigenvalue weighted by Crippen LogP contribution is -2.26. The van der Waals surface area contributed by atoms with Crippen LogP contribution < -0.4 is 4.74 Å². The standard InChI is InChI=1S/C22H20N4O3/c1-14(2)18-19(20(27)25-12-15-8-6-7-9-16(15)13-25)29-22-23-21(24-26(18)22)28-17-10-4-3-5-11-17/h3-11,14H,12-13H2,1-2H3. The van der Waals surface area contributed by atoms with Crippen molar-refractivity contribution in [3.8, 4) is 11.8 Å². The molecule has 2 aromatic heterocycles. The number of benzene rings is 2. The normalized spacial score (nSPS) is 13.3. The Bertz CT molecular complexity index is 1170. The maximum Gasteiger partial charge on any atom is 0.344 e. The third-order valence-electron chi connectivity index (χ3n) is 5.03. The molecular weight excluding hydrogens is 368 g/mol. The highest BCUT2D eigenvalue weighted by atomic mass is 16.5. The van der Waals surface area contributed by atoms with Crippen molar-refractivity contribution in [1.29, 1.82) is 0 Å². The summed E-state index contributed by atoms with van der Waals surface area (Å²) >= 11 is 0. The van der Waals surface area contributed by atoms with Crippen molar-refractivity contribution in [1.82, 2.24) is 19.5 Å². The number of fused-ring (bicyclic) bond motifs is 2. The molecule has 146 valence electrons. The van der Waals surface area contributed by atoms with Crippen molar-refractivity contribution >= 4 is 11.8 Å². The molecule has 0 saturated heterocycles. The Morgan fingerprint density at radius 3 is 2.34 bits per heavy atom. The number of carbonyl (C=O) groups is 1. The number of nitrogens with zero attached hydrogens (tertiary/aromatic N) is 4. The van der Waals surface area contributed by atoms with Gasteiger partial charge in [-0.15, -0.1) is 10.1 Å². The highest BCUT2D eigenvalue weighted by molar-refractivity contribution is 5.93. The number of amides is 1. The van der Waals surface area contributed by atoms with Gasteiger partial charge in [-0.2, -0.15) is 4.52 Å². The smallest absolute Gasteiger partial charge is 0.344 e. The molecule has 0 unspecified atom stereocenters. The Labute approximate surface area is 167 Å². The van der Waals surface area contributed by atoms with Gasteiger partial charge in [-0.05, 0) is 29.2 Å². The molecule has 29 heavy (non-hydrogen) atoms. The highest BCUT2D eigenvalue weighted by Crippen LogP contribution is 2.30. The van der Waals surface area contributed by atoms with E-state index in [4.69, 9.17) is 9.15 Å². The number of para-hydroxylation sites is 1. The maximum absolute atomic E-state index is 13.2. The van der Waals surface area contributed by atoms with Crippen LogP contribution in [0.5, 0.6) is 11.8 Å². The van der Waals surface area contributed by atoms with Crippen LogP contribution in [0.4, 0.5) is 0 Å². The van der Waals surface area contributed by atoms with Gasteiger partial charge in [0.25, 0.3) is 5.91 Å². The predicted molar refractivity (Wildman–Crippen MR) is 106 cm³/mol. The zero-order valence-electron chi connectivity index (χ0n) is 16.2. The first-order chi connectivity index (χ1) is 14.1. The Morgan fingerprint density at radius 2 is 1.69 bits per heavy atom. The number of hydrogen-bond acceptors (Lipinski definition) is 5. The van der Waals surface area contributed by atoms with Gasteiger partial charge in [0.1, 0.15) is 5.75 Å². The van der Waals surface area contributed by atoms with Crippen LogP contribution in [0, 0.1) is 0 Å². The maximum atomic E-state index is 13.2. The van der Waals surface area contributed by atoms with Crippen molar-refractivity contribution < 1.29 is 13.9 Å². The minimum absolute atomic E-state index is 0.0199. The summed E-state index contributed by atoms with van der Waals surface area (Å²) in [6.45, 7) is 5.15. The van der Waals surface area contributed by atoms with Crippen LogP contribution in [0.15, 0.2) is 59.0 Å². The summed E-state index contributed by atoms with van der Waals surface area (Å²) in [6, 6.07) is 17.6. The molecule has 0 saturated carbocycles.